The molecule has 0 fully saturated rings. The third-order valence-electron chi connectivity index (χ3n) is 6.48. The van der Waals surface area contributed by atoms with E-state index in [0.717, 1.165) is 27.6 Å². The first-order chi connectivity index (χ1) is 19.5. The van der Waals surface area contributed by atoms with Gasteiger partial charge in [0.05, 0.1) is 28.7 Å². The highest BCUT2D eigenvalue weighted by atomic mass is 35.5. The summed E-state index contributed by atoms with van der Waals surface area (Å²) in [6.07, 6.45) is 3.64. The van der Waals surface area contributed by atoms with Gasteiger partial charge in [-0.2, -0.15) is 5.10 Å². The van der Waals surface area contributed by atoms with Crippen molar-refractivity contribution in [2.75, 3.05) is 0 Å². The summed E-state index contributed by atoms with van der Waals surface area (Å²) in [5.41, 5.74) is 6.86. The predicted octanol–water partition coefficient (Wildman–Crippen LogP) is 7.01. The summed E-state index contributed by atoms with van der Waals surface area (Å²) in [4.78, 5) is 25.7. The van der Waals surface area contributed by atoms with Crippen LogP contribution in [-0.4, -0.2) is 22.6 Å². The zero-order chi connectivity index (χ0) is 27.9. The quantitative estimate of drug-likeness (QED) is 0.148. The molecule has 0 aliphatic rings. The van der Waals surface area contributed by atoms with E-state index < -0.39 is 6.04 Å². The summed E-state index contributed by atoms with van der Waals surface area (Å²) >= 11 is 12.3. The van der Waals surface area contributed by atoms with Gasteiger partial charge >= 0.3 is 0 Å². The molecule has 2 amide bonds. The summed E-state index contributed by atoms with van der Waals surface area (Å²) < 4.78 is 2.10. The van der Waals surface area contributed by atoms with E-state index in [4.69, 9.17) is 23.2 Å². The molecule has 0 aliphatic carbocycles. The van der Waals surface area contributed by atoms with Crippen molar-refractivity contribution in [2.45, 2.75) is 19.0 Å². The van der Waals surface area contributed by atoms with E-state index in [2.05, 4.69) is 20.4 Å². The number of hydrogen-bond acceptors (Lipinski definition) is 3. The molecule has 1 heterocycles. The second kappa shape index (κ2) is 12.6. The topological polar surface area (TPSA) is 75.5 Å². The Labute approximate surface area is 242 Å². The van der Waals surface area contributed by atoms with Crippen LogP contribution in [0.15, 0.2) is 114 Å². The van der Waals surface area contributed by atoms with Gasteiger partial charge < -0.3 is 9.88 Å². The molecule has 6 nitrogen and oxygen atoms in total. The lowest BCUT2D eigenvalue weighted by molar-refractivity contribution is -0.121. The Morgan fingerprint density at radius 1 is 0.850 bits per heavy atom. The van der Waals surface area contributed by atoms with Gasteiger partial charge in [0.1, 0.15) is 0 Å². The number of fused-ring (bicyclic) bond motifs is 1. The van der Waals surface area contributed by atoms with Crippen LogP contribution in [0.2, 0.25) is 10.0 Å². The first kappa shape index (κ1) is 27.2. The Hall–Kier alpha value is -4.39. The molecule has 0 aliphatic heterocycles. The Kier molecular flexibility index (Phi) is 8.59. The molecule has 0 bridgehead atoms. The van der Waals surface area contributed by atoms with Crippen molar-refractivity contribution in [3.8, 4) is 0 Å². The van der Waals surface area contributed by atoms with Crippen LogP contribution in [0.25, 0.3) is 10.9 Å². The third-order valence-corrected chi connectivity index (χ3v) is 7.22. The van der Waals surface area contributed by atoms with E-state index in [1.807, 2.05) is 79.0 Å². The number of carbonyl (C=O) groups excluding carboxylic acids is 2. The molecule has 1 atom stereocenters. The van der Waals surface area contributed by atoms with Gasteiger partial charge in [0.15, 0.2) is 0 Å². The summed E-state index contributed by atoms with van der Waals surface area (Å²) in [5.74, 6) is -0.571. The minimum atomic E-state index is -0.516. The van der Waals surface area contributed by atoms with Gasteiger partial charge in [0, 0.05) is 34.8 Å². The van der Waals surface area contributed by atoms with Crippen LogP contribution in [0.1, 0.15) is 39.5 Å². The van der Waals surface area contributed by atoms with Crippen molar-refractivity contribution < 1.29 is 9.59 Å². The minimum absolute atomic E-state index is 0.0268. The summed E-state index contributed by atoms with van der Waals surface area (Å²) in [6, 6.07) is 31.4. The number of hydrogen-bond donors (Lipinski definition) is 2. The number of aromatic nitrogens is 1. The molecule has 0 spiro atoms. The molecule has 0 saturated carbocycles. The zero-order valence-corrected chi connectivity index (χ0v) is 22.9. The maximum atomic E-state index is 12.9. The van der Waals surface area contributed by atoms with Crippen LogP contribution < -0.4 is 10.7 Å². The fourth-order valence-electron chi connectivity index (χ4n) is 4.52. The number of nitrogens with one attached hydrogen (secondary N) is 2. The molecular weight excluding hydrogens is 543 g/mol. The molecule has 2 N–H and O–H groups in total. The third kappa shape index (κ3) is 6.60. The SMILES string of the molecule is O=C(C[C@@H](NC(=O)c1ccccc1)c1ccccc1)N/N=C\c1cn(Cc2ccc(Cl)c(Cl)c2)c2ccccc12. The van der Waals surface area contributed by atoms with Gasteiger partial charge in [-0.3, -0.25) is 9.59 Å². The van der Waals surface area contributed by atoms with E-state index >= 15 is 0 Å². The van der Waals surface area contributed by atoms with Crippen molar-refractivity contribution in [1.29, 1.82) is 0 Å². The molecule has 0 radical (unpaired) electrons. The van der Waals surface area contributed by atoms with Gasteiger partial charge in [-0.15, -0.1) is 0 Å². The van der Waals surface area contributed by atoms with Gasteiger partial charge in [0.2, 0.25) is 5.91 Å². The van der Waals surface area contributed by atoms with Crippen LogP contribution in [0.5, 0.6) is 0 Å². The van der Waals surface area contributed by atoms with Gasteiger partial charge in [-0.25, -0.2) is 5.43 Å². The van der Waals surface area contributed by atoms with Crippen molar-refractivity contribution in [3.63, 3.8) is 0 Å². The second-order valence-corrected chi connectivity index (χ2v) is 10.1. The summed E-state index contributed by atoms with van der Waals surface area (Å²) in [6.45, 7) is 0.595. The number of benzene rings is 4. The summed E-state index contributed by atoms with van der Waals surface area (Å²) in [5, 5.41) is 9.23. The van der Waals surface area contributed by atoms with Crippen molar-refractivity contribution >= 4 is 52.1 Å². The number of para-hydroxylation sites is 1. The lowest BCUT2D eigenvalue weighted by Crippen LogP contribution is -2.32. The number of nitrogens with zero attached hydrogens (tertiary/aromatic N) is 2. The Bertz CT molecular complexity index is 1670. The van der Waals surface area contributed by atoms with E-state index in [1.165, 1.54) is 0 Å². The fourth-order valence-corrected chi connectivity index (χ4v) is 4.84. The monoisotopic (exact) mass is 568 g/mol. The van der Waals surface area contributed by atoms with Crippen LogP contribution in [-0.2, 0) is 11.3 Å². The highest BCUT2D eigenvalue weighted by molar-refractivity contribution is 6.42. The maximum absolute atomic E-state index is 12.9. The maximum Gasteiger partial charge on any atom is 0.251 e. The number of carbonyl (C=O) groups is 2. The number of hydrazone groups is 1. The standard InChI is InChI=1S/C32H26Cl2N4O2/c33-27-16-15-22(17-28(27)34)20-38-21-25(26-13-7-8-14-30(26)38)19-35-37-31(39)18-29(23-9-3-1-4-10-23)36-32(40)24-11-5-2-6-12-24/h1-17,19,21,29H,18,20H2,(H,36,40)(H,37,39)/b35-19-/t29-/m1/s1. The number of halogens is 2. The van der Waals surface area contributed by atoms with Crippen LogP contribution in [0.4, 0.5) is 0 Å². The van der Waals surface area contributed by atoms with Crippen LogP contribution in [0, 0.1) is 0 Å². The van der Waals surface area contributed by atoms with Gasteiger partial charge in [-0.05, 0) is 41.5 Å². The lowest BCUT2D eigenvalue weighted by atomic mass is 10.0. The van der Waals surface area contributed by atoms with Crippen molar-refractivity contribution in [1.82, 2.24) is 15.3 Å². The smallest absolute Gasteiger partial charge is 0.251 e. The van der Waals surface area contributed by atoms with Crippen LogP contribution in [0.3, 0.4) is 0 Å². The average Bonchev–Trinajstić information content (AvgIpc) is 3.32. The molecular formula is C32H26Cl2N4O2. The van der Waals surface area contributed by atoms with Gasteiger partial charge in [-0.1, -0.05) is 96.0 Å². The first-order valence-electron chi connectivity index (χ1n) is 12.7. The zero-order valence-electron chi connectivity index (χ0n) is 21.4. The normalized spacial score (nSPS) is 11.9. The molecule has 0 unspecified atom stereocenters. The van der Waals surface area contributed by atoms with E-state index in [1.54, 1.807) is 36.5 Å². The van der Waals surface area contributed by atoms with E-state index in [0.29, 0.717) is 22.2 Å². The van der Waals surface area contributed by atoms with Gasteiger partial charge in [0.25, 0.3) is 5.91 Å². The minimum Gasteiger partial charge on any atom is -0.345 e. The molecule has 8 heteroatoms. The Morgan fingerprint density at radius 2 is 1.55 bits per heavy atom. The lowest BCUT2D eigenvalue weighted by Gasteiger charge is -2.18. The van der Waals surface area contributed by atoms with Crippen molar-refractivity contribution in [2.24, 2.45) is 5.10 Å². The molecule has 5 rings (SSSR count). The average molecular weight is 569 g/mol. The molecule has 1 aromatic heterocycles. The first-order valence-corrected chi connectivity index (χ1v) is 13.5. The summed E-state index contributed by atoms with van der Waals surface area (Å²) in [7, 11) is 0. The molecule has 0 saturated heterocycles. The molecule has 4 aromatic carbocycles. The largest absolute Gasteiger partial charge is 0.345 e. The van der Waals surface area contributed by atoms with Crippen LogP contribution >= 0.6 is 23.2 Å². The highest BCUT2D eigenvalue weighted by Gasteiger charge is 2.19. The second-order valence-electron chi connectivity index (χ2n) is 9.28. The fraction of sp³-hybridized carbons (Fsp3) is 0.0938. The number of rotatable bonds is 9. The highest BCUT2D eigenvalue weighted by Crippen LogP contribution is 2.25. The molecule has 200 valence electrons. The van der Waals surface area contributed by atoms with E-state index in [9.17, 15) is 9.59 Å². The van der Waals surface area contributed by atoms with E-state index in [-0.39, 0.29) is 18.2 Å². The van der Waals surface area contributed by atoms with Crippen molar-refractivity contribution in [3.05, 3.63) is 142 Å². The Morgan fingerprint density at radius 3 is 2.30 bits per heavy atom. The predicted molar refractivity (Wildman–Crippen MR) is 161 cm³/mol. The molecule has 5 aromatic rings. The number of amides is 2. The molecule has 40 heavy (non-hydrogen) atoms. The Balaban J connectivity index is 1.29.